The lowest BCUT2D eigenvalue weighted by Gasteiger charge is -2.15. The van der Waals surface area contributed by atoms with Gasteiger partial charge in [0.2, 0.25) is 5.82 Å². The predicted molar refractivity (Wildman–Crippen MR) is 53.2 cm³/mol. The van der Waals surface area contributed by atoms with Crippen molar-refractivity contribution < 1.29 is 4.92 Å². The molecule has 0 aromatic carbocycles. The van der Waals surface area contributed by atoms with Crippen LogP contribution in [0.25, 0.3) is 0 Å². The van der Waals surface area contributed by atoms with Gasteiger partial charge in [-0.25, -0.2) is 4.98 Å². The lowest BCUT2D eigenvalue weighted by atomic mass is 10.3. The summed E-state index contributed by atoms with van der Waals surface area (Å²) in [6.45, 7) is 0.974. The summed E-state index contributed by atoms with van der Waals surface area (Å²) < 4.78 is 0. The number of hydrogen-bond acceptors (Lipinski definition) is 5. The molecular weight excluding hydrogens is 184 g/mol. The van der Waals surface area contributed by atoms with E-state index in [0.29, 0.717) is 18.9 Å². The molecule has 0 amide bonds. The fourth-order valence-corrected chi connectivity index (χ4v) is 1.12. The Morgan fingerprint density at radius 2 is 2.43 bits per heavy atom. The number of rotatable bonds is 4. The van der Waals surface area contributed by atoms with Crippen LogP contribution >= 0.6 is 0 Å². The fourth-order valence-electron chi connectivity index (χ4n) is 1.12. The zero-order chi connectivity index (χ0) is 10.6. The lowest BCUT2D eigenvalue weighted by molar-refractivity contribution is -0.384. The van der Waals surface area contributed by atoms with Crippen molar-refractivity contribution in [3.8, 4) is 0 Å². The lowest BCUT2D eigenvalue weighted by Crippen LogP contribution is -2.26. The van der Waals surface area contributed by atoms with Gasteiger partial charge in [-0.1, -0.05) is 0 Å². The molecule has 6 nitrogen and oxygen atoms in total. The first-order valence-electron chi connectivity index (χ1n) is 4.17. The summed E-state index contributed by atoms with van der Waals surface area (Å²) in [7, 11) is 1.72. The van der Waals surface area contributed by atoms with E-state index in [1.807, 2.05) is 0 Å². The molecule has 0 radical (unpaired) electrons. The summed E-state index contributed by atoms with van der Waals surface area (Å²) in [5.74, 6) is 0.350. The molecular formula is C8H12N4O2. The number of nitro groups is 1. The molecule has 76 valence electrons. The van der Waals surface area contributed by atoms with Crippen LogP contribution in [-0.2, 0) is 0 Å². The molecule has 6 heteroatoms. The minimum absolute atomic E-state index is 0.00319. The Kier molecular flexibility index (Phi) is 3.35. The van der Waals surface area contributed by atoms with E-state index in [-0.39, 0.29) is 5.69 Å². The van der Waals surface area contributed by atoms with Crippen LogP contribution in [0.1, 0.15) is 0 Å². The van der Waals surface area contributed by atoms with Gasteiger partial charge in [0.05, 0.1) is 4.92 Å². The Morgan fingerprint density at radius 3 is 3.00 bits per heavy atom. The van der Waals surface area contributed by atoms with E-state index in [0.717, 1.165) is 0 Å². The summed E-state index contributed by atoms with van der Waals surface area (Å²) in [4.78, 5) is 15.8. The number of hydrogen-bond donors (Lipinski definition) is 1. The Morgan fingerprint density at radius 1 is 1.71 bits per heavy atom. The third-order valence-corrected chi connectivity index (χ3v) is 1.79. The van der Waals surface area contributed by atoms with Crippen molar-refractivity contribution in [3.63, 3.8) is 0 Å². The zero-order valence-electron chi connectivity index (χ0n) is 7.88. The topological polar surface area (TPSA) is 85.3 Å². The molecule has 0 spiro atoms. The van der Waals surface area contributed by atoms with Gasteiger partial charge in [0.15, 0.2) is 0 Å². The van der Waals surface area contributed by atoms with E-state index >= 15 is 0 Å². The number of nitrogens with zero attached hydrogens (tertiary/aromatic N) is 3. The third kappa shape index (κ3) is 2.17. The average molecular weight is 196 g/mol. The number of anilines is 1. The summed E-state index contributed by atoms with van der Waals surface area (Å²) in [5, 5.41) is 10.6. The molecule has 0 saturated carbocycles. The standard InChI is InChI=1S/C8H12N4O2/c1-11(6-4-9)8-7(12(13)14)3-2-5-10-8/h2-3,5H,4,6,9H2,1H3. The number of pyridine rings is 1. The highest BCUT2D eigenvalue weighted by Gasteiger charge is 2.16. The number of aromatic nitrogens is 1. The smallest absolute Gasteiger partial charge is 0.311 e. The van der Waals surface area contributed by atoms with Gasteiger partial charge < -0.3 is 10.6 Å². The number of nitrogens with two attached hydrogens (primary N) is 1. The highest BCUT2D eigenvalue weighted by atomic mass is 16.6. The second kappa shape index (κ2) is 4.52. The van der Waals surface area contributed by atoms with Crippen LogP contribution in [-0.4, -0.2) is 30.0 Å². The van der Waals surface area contributed by atoms with E-state index in [1.165, 1.54) is 18.3 Å². The molecule has 0 unspecified atom stereocenters. The van der Waals surface area contributed by atoms with Gasteiger partial charge in [0.1, 0.15) is 0 Å². The minimum Gasteiger partial charge on any atom is -0.353 e. The van der Waals surface area contributed by atoms with Gasteiger partial charge in [-0.3, -0.25) is 10.1 Å². The molecule has 0 saturated heterocycles. The van der Waals surface area contributed by atoms with E-state index < -0.39 is 4.92 Å². The Balaban J connectivity index is 3.00. The summed E-state index contributed by atoms with van der Waals surface area (Å²) >= 11 is 0. The van der Waals surface area contributed by atoms with Crippen molar-refractivity contribution in [2.45, 2.75) is 0 Å². The van der Waals surface area contributed by atoms with Crippen molar-refractivity contribution >= 4 is 11.5 Å². The second-order valence-electron chi connectivity index (χ2n) is 2.81. The SMILES string of the molecule is CN(CCN)c1ncccc1[N+](=O)[O-]. The first-order valence-corrected chi connectivity index (χ1v) is 4.17. The summed E-state index contributed by atoms with van der Waals surface area (Å²) in [6, 6.07) is 2.97. The summed E-state index contributed by atoms with van der Waals surface area (Å²) in [5.41, 5.74) is 5.36. The first-order chi connectivity index (χ1) is 6.66. The zero-order valence-corrected chi connectivity index (χ0v) is 7.88. The van der Waals surface area contributed by atoms with Gasteiger partial charge in [-0.15, -0.1) is 0 Å². The van der Waals surface area contributed by atoms with Crippen molar-refractivity contribution in [2.24, 2.45) is 5.73 Å². The van der Waals surface area contributed by atoms with Crippen molar-refractivity contribution in [2.75, 3.05) is 25.0 Å². The Labute approximate surface area is 81.5 Å². The van der Waals surface area contributed by atoms with Crippen molar-refractivity contribution in [1.29, 1.82) is 0 Å². The first kappa shape index (κ1) is 10.4. The molecule has 1 aromatic rings. The van der Waals surface area contributed by atoms with E-state index in [4.69, 9.17) is 5.73 Å². The highest BCUT2D eigenvalue weighted by Crippen LogP contribution is 2.22. The average Bonchev–Trinajstić information content (AvgIpc) is 2.18. The van der Waals surface area contributed by atoms with Crippen LogP contribution in [0.5, 0.6) is 0 Å². The van der Waals surface area contributed by atoms with E-state index in [9.17, 15) is 10.1 Å². The van der Waals surface area contributed by atoms with Crippen LogP contribution in [0.15, 0.2) is 18.3 Å². The van der Waals surface area contributed by atoms with Gasteiger partial charge in [0, 0.05) is 32.4 Å². The molecule has 1 heterocycles. The predicted octanol–water partition coefficient (Wildman–Crippen LogP) is 0.385. The van der Waals surface area contributed by atoms with Crippen LogP contribution < -0.4 is 10.6 Å². The monoisotopic (exact) mass is 196 g/mol. The van der Waals surface area contributed by atoms with Crippen LogP contribution in [0.4, 0.5) is 11.5 Å². The second-order valence-corrected chi connectivity index (χ2v) is 2.81. The minimum atomic E-state index is -0.449. The maximum absolute atomic E-state index is 10.6. The molecule has 0 aliphatic rings. The van der Waals surface area contributed by atoms with E-state index in [1.54, 1.807) is 11.9 Å². The normalized spacial score (nSPS) is 9.86. The molecule has 1 aromatic heterocycles. The van der Waals surface area contributed by atoms with Gasteiger partial charge in [0.25, 0.3) is 0 Å². The highest BCUT2D eigenvalue weighted by molar-refractivity contribution is 5.56. The third-order valence-electron chi connectivity index (χ3n) is 1.79. The largest absolute Gasteiger partial charge is 0.353 e. The molecule has 0 aliphatic carbocycles. The van der Waals surface area contributed by atoms with Crippen LogP contribution in [0.2, 0.25) is 0 Å². The fraction of sp³-hybridized carbons (Fsp3) is 0.375. The van der Waals surface area contributed by atoms with Gasteiger partial charge in [-0.05, 0) is 6.07 Å². The number of likely N-dealkylation sites (N-methyl/N-ethyl adjacent to an activating group) is 1. The maximum atomic E-state index is 10.6. The molecule has 14 heavy (non-hydrogen) atoms. The van der Waals surface area contributed by atoms with Crippen molar-refractivity contribution in [1.82, 2.24) is 4.98 Å². The quantitative estimate of drug-likeness (QED) is 0.556. The Bertz CT molecular complexity index is 329. The molecule has 1 rings (SSSR count). The Hall–Kier alpha value is -1.69. The summed E-state index contributed by atoms with van der Waals surface area (Å²) in [6.07, 6.45) is 1.52. The van der Waals surface area contributed by atoms with Crippen LogP contribution in [0.3, 0.4) is 0 Å². The molecule has 0 bridgehead atoms. The van der Waals surface area contributed by atoms with Crippen molar-refractivity contribution in [3.05, 3.63) is 28.4 Å². The van der Waals surface area contributed by atoms with E-state index in [2.05, 4.69) is 4.98 Å². The molecule has 0 aliphatic heterocycles. The van der Waals surface area contributed by atoms with Crippen LogP contribution in [0, 0.1) is 10.1 Å². The van der Waals surface area contributed by atoms with Gasteiger partial charge in [-0.2, -0.15) is 0 Å². The molecule has 2 N–H and O–H groups in total. The van der Waals surface area contributed by atoms with Gasteiger partial charge >= 0.3 is 5.69 Å². The molecule has 0 atom stereocenters. The maximum Gasteiger partial charge on any atom is 0.311 e. The molecule has 0 fully saturated rings.